The van der Waals surface area contributed by atoms with Crippen molar-refractivity contribution in [3.05, 3.63) is 95.2 Å². The fraction of sp³-hybridized carbons (Fsp3) is 0.179. The van der Waals surface area contributed by atoms with Crippen LogP contribution >= 0.6 is 0 Å². The summed E-state index contributed by atoms with van der Waals surface area (Å²) in [5.41, 5.74) is 15.4. The van der Waals surface area contributed by atoms with Crippen molar-refractivity contribution in [2.24, 2.45) is 0 Å². The monoisotopic (exact) mass is 424 g/mol. The molecule has 0 unspecified atom stereocenters. The highest BCUT2D eigenvalue weighted by Gasteiger charge is 2.16. The number of anilines is 1. The average Bonchev–Trinajstić information content (AvgIpc) is 2.80. The third kappa shape index (κ3) is 4.30. The molecular formula is C28H28N2O2. The van der Waals surface area contributed by atoms with Gasteiger partial charge in [0.15, 0.2) is 0 Å². The molecule has 4 nitrogen and oxygen atoms in total. The van der Waals surface area contributed by atoms with Gasteiger partial charge in [-0.3, -0.25) is 0 Å². The Labute approximate surface area is 189 Å². The van der Waals surface area contributed by atoms with Crippen molar-refractivity contribution in [3.8, 4) is 33.9 Å². The molecule has 4 heteroatoms. The zero-order valence-electron chi connectivity index (χ0n) is 19.0. The van der Waals surface area contributed by atoms with Crippen LogP contribution in [0.15, 0.2) is 72.8 Å². The fourth-order valence-corrected chi connectivity index (χ4v) is 4.01. The molecule has 0 fully saturated rings. The van der Waals surface area contributed by atoms with Crippen LogP contribution in [0.3, 0.4) is 0 Å². The van der Waals surface area contributed by atoms with Gasteiger partial charge < -0.3 is 15.2 Å². The average molecular weight is 425 g/mol. The van der Waals surface area contributed by atoms with Crippen molar-refractivity contribution in [2.75, 3.05) is 20.0 Å². The third-order valence-electron chi connectivity index (χ3n) is 5.72. The number of rotatable bonds is 6. The Kier molecular flexibility index (Phi) is 6.13. The molecule has 2 N–H and O–H groups in total. The lowest BCUT2D eigenvalue weighted by molar-refractivity contribution is 0.411. The Morgan fingerprint density at radius 2 is 1.34 bits per heavy atom. The van der Waals surface area contributed by atoms with Gasteiger partial charge in [-0.15, -0.1) is 0 Å². The number of nitrogen functional groups attached to an aromatic ring is 1. The van der Waals surface area contributed by atoms with Gasteiger partial charge >= 0.3 is 0 Å². The van der Waals surface area contributed by atoms with E-state index in [0.717, 1.165) is 50.7 Å². The lowest BCUT2D eigenvalue weighted by atomic mass is 9.95. The summed E-state index contributed by atoms with van der Waals surface area (Å²) >= 11 is 0. The zero-order valence-corrected chi connectivity index (χ0v) is 19.0. The first-order valence-corrected chi connectivity index (χ1v) is 10.6. The zero-order chi connectivity index (χ0) is 22.7. The lowest BCUT2D eigenvalue weighted by Crippen LogP contribution is -2.03. The summed E-state index contributed by atoms with van der Waals surface area (Å²) in [5, 5.41) is 0. The summed E-state index contributed by atoms with van der Waals surface area (Å²) in [6, 6.07) is 24.6. The number of hydrogen-bond acceptors (Lipinski definition) is 4. The first kappa shape index (κ1) is 21.4. The van der Waals surface area contributed by atoms with Crippen LogP contribution in [-0.4, -0.2) is 19.2 Å². The van der Waals surface area contributed by atoms with Crippen LogP contribution in [0, 0.1) is 13.8 Å². The smallest absolute Gasteiger partial charge is 0.121 e. The van der Waals surface area contributed by atoms with Crippen molar-refractivity contribution >= 4 is 5.69 Å². The first-order chi connectivity index (χ1) is 15.5. The van der Waals surface area contributed by atoms with E-state index in [9.17, 15) is 0 Å². The number of aryl methyl sites for hydroxylation is 2. The highest BCUT2D eigenvalue weighted by atomic mass is 16.5. The number of benzene rings is 3. The van der Waals surface area contributed by atoms with E-state index in [0.29, 0.717) is 12.1 Å². The van der Waals surface area contributed by atoms with Gasteiger partial charge in [0.2, 0.25) is 0 Å². The van der Waals surface area contributed by atoms with E-state index in [-0.39, 0.29) is 0 Å². The Hall–Kier alpha value is -3.79. The molecule has 3 aromatic carbocycles. The lowest BCUT2D eigenvalue weighted by Gasteiger charge is -2.16. The van der Waals surface area contributed by atoms with Gasteiger partial charge in [0.1, 0.15) is 11.5 Å². The number of pyridine rings is 1. The Bertz CT molecular complexity index is 1250. The molecule has 4 aromatic rings. The van der Waals surface area contributed by atoms with E-state index in [2.05, 4.69) is 36.4 Å². The standard InChI is InChI=1S/C28H28N2O2/c1-18-14-21(10-12-26(18)31-3)23-17-24(29)25(16-20-8-6-5-7-9-20)30-28(23)22-11-13-27(32-4)19(2)15-22/h5-15,17H,16,29H2,1-4H3. The molecule has 162 valence electrons. The largest absolute Gasteiger partial charge is 0.496 e. The maximum Gasteiger partial charge on any atom is 0.121 e. The second-order valence-electron chi connectivity index (χ2n) is 7.95. The molecule has 1 heterocycles. The molecule has 0 aliphatic rings. The van der Waals surface area contributed by atoms with Crippen LogP contribution in [-0.2, 0) is 6.42 Å². The van der Waals surface area contributed by atoms with E-state index < -0.39 is 0 Å². The maximum atomic E-state index is 6.52. The molecule has 0 amide bonds. The molecule has 0 radical (unpaired) electrons. The van der Waals surface area contributed by atoms with Crippen molar-refractivity contribution in [1.29, 1.82) is 0 Å². The molecule has 0 spiro atoms. The molecule has 0 atom stereocenters. The minimum Gasteiger partial charge on any atom is -0.496 e. The van der Waals surface area contributed by atoms with Crippen molar-refractivity contribution in [3.63, 3.8) is 0 Å². The summed E-state index contributed by atoms with van der Waals surface area (Å²) in [6.45, 7) is 4.09. The molecule has 0 saturated carbocycles. The topological polar surface area (TPSA) is 57.4 Å². The van der Waals surface area contributed by atoms with Crippen molar-refractivity contribution in [1.82, 2.24) is 4.98 Å². The Morgan fingerprint density at radius 3 is 1.94 bits per heavy atom. The number of methoxy groups -OCH3 is 2. The van der Waals surface area contributed by atoms with Crippen LogP contribution in [0.5, 0.6) is 11.5 Å². The molecule has 0 bridgehead atoms. The number of nitrogens with zero attached hydrogens (tertiary/aromatic N) is 1. The van der Waals surface area contributed by atoms with Gasteiger partial charge in [-0.1, -0.05) is 36.4 Å². The normalized spacial score (nSPS) is 10.8. The molecular weight excluding hydrogens is 396 g/mol. The van der Waals surface area contributed by atoms with Crippen LogP contribution < -0.4 is 15.2 Å². The molecule has 1 aromatic heterocycles. The third-order valence-corrected chi connectivity index (χ3v) is 5.72. The fourth-order valence-electron chi connectivity index (χ4n) is 4.01. The van der Waals surface area contributed by atoms with E-state index in [1.165, 1.54) is 5.56 Å². The van der Waals surface area contributed by atoms with Gasteiger partial charge in [0, 0.05) is 17.5 Å². The minimum absolute atomic E-state index is 0.677. The SMILES string of the molecule is COc1ccc(-c2cc(N)c(Cc3ccccc3)nc2-c2ccc(OC)c(C)c2)cc1C. The van der Waals surface area contributed by atoms with Gasteiger partial charge in [0.05, 0.1) is 31.3 Å². The first-order valence-electron chi connectivity index (χ1n) is 10.6. The maximum absolute atomic E-state index is 6.52. The van der Waals surface area contributed by atoms with Gasteiger partial charge in [-0.25, -0.2) is 4.98 Å². The number of ether oxygens (including phenoxy) is 2. The summed E-state index contributed by atoms with van der Waals surface area (Å²) in [6.07, 6.45) is 0.677. The van der Waals surface area contributed by atoms with Crippen LogP contribution in [0.4, 0.5) is 5.69 Å². The van der Waals surface area contributed by atoms with Crippen molar-refractivity contribution < 1.29 is 9.47 Å². The second kappa shape index (κ2) is 9.15. The predicted molar refractivity (Wildman–Crippen MR) is 131 cm³/mol. The number of aromatic nitrogens is 1. The van der Waals surface area contributed by atoms with Crippen LogP contribution in [0.1, 0.15) is 22.4 Å². The highest BCUT2D eigenvalue weighted by Crippen LogP contribution is 2.37. The molecule has 0 aliphatic heterocycles. The van der Waals surface area contributed by atoms with Crippen LogP contribution in [0.2, 0.25) is 0 Å². The Balaban J connectivity index is 1.89. The predicted octanol–water partition coefficient (Wildman–Crippen LogP) is 6.22. The summed E-state index contributed by atoms with van der Waals surface area (Å²) in [7, 11) is 3.37. The quantitative estimate of drug-likeness (QED) is 0.399. The van der Waals surface area contributed by atoms with E-state index in [1.54, 1.807) is 14.2 Å². The van der Waals surface area contributed by atoms with Gasteiger partial charge in [0.25, 0.3) is 0 Å². The van der Waals surface area contributed by atoms with E-state index >= 15 is 0 Å². The highest BCUT2D eigenvalue weighted by molar-refractivity contribution is 5.84. The summed E-state index contributed by atoms with van der Waals surface area (Å²) in [5.74, 6) is 1.72. The summed E-state index contributed by atoms with van der Waals surface area (Å²) in [4.78, 5) is 5.09. The number of nitrogens with two attached hydrogens (primary N) is 1. The van der Waals surface area contributed by atoms with Crippen LogP contribution in [0.25, 0.3) is 22.4 Å². The van der Waals surface area contributed by atoms with E-state index in [1.807, 2.05) is 50.2 Å². The van der Waals surface area contributed by atoms with Gasteiger partial charge in [-0.05, 0) is 72.5 Å². The second-order valence-corrected chi connectivity index (χ2v) is 7.95. The minimum atomic E-state index is 0.677. The van der Waals surface area contributed by atoms with E-state index in [4.69, 9.17) is 20.2 Å². The number of hydrogen-bond donors (Lipinski definition) is 1. The van der Waals surface area contributed by atoms with Crippen molar-refractivity contribution in [2.45, 2.75) is 20.3 Å². The Morgan fingerprint density at radius 1 is 0.750 bits per heavy atom. The summed E-state index contributed by atoms with van der Waals surface area (Å²) < 4.78 is 10.9. The van der Waals surface area contributed by atoms with Gasteiger partial charge in [-0.2, -0.15) is 0 Å². The molecule has 0 saturated heterocycles. The molecule has 0 aliphatic carbocycles. The molecule has 32 heavy (non-hydrogen) atoms. The molecule has 4 rings (SSSR count).